The average Bonchev–Trinajstić information content (AvgIpc) is 3.15. The number of rotatable bonds is 3. The monoisotopic (exact) mass is 292 g/mol. The van der Waals surface area contributed by atoms with Crippen molar-refractivity contribution in [2.75, 3.05) is 0 Å². The summed E-state index contributed by atoms with van der Waals surface area (Å²) >= 11 is 0. The van der Waals surface area contributed by atoms with Crippen molar-refractivity contribution in [3.8, 4) is 0 Å². The third-order valence-corrected chi connectivity index (χ3v) is 4.68. The fourth-order valence-corrected chi connectivity index (χ4v) is 2.99. The first-order valence-corrected chi connectivity index (χ1v) is 6.88. The van der Waals surface area contributed by atoms with Crippen LogP contribution in [0.15, 0.2) is 0 Å². The van der Waals surface area contributed by atoms with Crippen LogP contribution in [0.3, 0.4) is 0 Å². The first kappa shape index (κ1) is 15.1. The van der Waals surface area contributed by atoms with E-state index in [0.717, 1.165) is 4.90 Å². The van der Waals surface area contributed by atoms with E-state index in [0.29, 0.717) is 0 Å². The van der Waals surface area contributed by atoms with Gasteiger partial charge < -0.3 is 10.2 Å². The van der Waals surface area contributed by atoms with Crippen molar-refractivity contribution in [2.24, 2.45) is 0 Å². The molecule has 1 N–H and O–H groups in total. The molecule has 1 heterocycles. The quantitative estimate of drug-likeness (QED) is 0.865. The van der Waals surface area contributed by atoms with E-state index >= 15 is 0 Å². The zero-order chi connectivity index (χ0) is 15.3. The Labute approximate surface area is 115 Å². The van der Waals surface area contributed by atoms with Crippen molar-refractivity contribution in [3.05, 3.63) is 0 Å². The van der Waals surface area contributed by atoms with Crippen molar-refractivity contribution in [2.45, 2.75) is 69.8 Å². The van der Waals surface area contributed by atoms with Gasteiger partial charge in [-0.2, -0.15) is 13.2 Å². The zero-order valence-electron chi connectivity index (χ0n) is 11.8. The number of carbonyl (C=O) groups is 2. The van der Waals surface area contributed by atoms with Gasteiger partial charge in [0.2, 0.25) is 11.8 Å². The number of hydrogen-bond donors (Lipinski definition) is 1. The van der Waals surface area contributed by atoms with E-state index in [9.17, 15) is 22.8 Å². The second-order valence-corrected chi connectivity index (χ2v) is 5.66. The summed E-state index contributed by atoms with van der Waals surface area (Å²) in [6.07, 6.45) is -4.18. The Bertz CT molecular complexity index is 439. The molecule has 0 aromatic heterocycles. The SMILES string of the molecule is CCC1(CC)NC(=O)C(C)N(C2(C(F)(F)F)CC2)C1=O. The summed E-state index contributed by atoms with van der Waals surface area (Å²) in [5, 5.41) is 2.61. The highest BCUT2D eigenvalue weighted by Gasteiger charge is 2.71. The van der Waals surface area contributed by atoms with Gasteiger partial charge in [0, 0.05) is 0 Å². The van der Waals surface area contributed by atoms with Gasteiger partial charge in [-0.05, 0) is 32.6 Å². The van der Waals surface area contributed by atoms with Crippen LogP contribution in [-0.2, 0) is 9.59 Å². The maximum Gasteiger partial charge on any atom is 0.411 e. The predicted octanol–water partition coefficient (Wildman–Crippen LogP) is 1.99. The minimum Gasteiger partial charge on any atom is -0.340 e. The normalized spacial score (nSPS) is 28.3. The van der Waals surface area contributed by atoms with Gasteiger partial charge in [-0.3, -0.25) is 9.59 Å². The summed E-state index contributed by atoms with van der Waals surface area (Å²) in [7, 11) is 0. The number of alkyl halides is 3. The molecule has 0 spiro atoms. The molecule has 0 radical (unpaired) electrons. The van der Waals surface area contributed by atoms with Crippen LogP contribution in [0.2, 0.25) is 0 Å². The molecule has 20 heavy (non-hydrogen) atoms. The summed E-state index contributed by atoms with van der Waals surface area (Å²) in [6, 6.07) is -1.09. The van der Waals surface area contributed by atoms with Gasteiger partial charge in [0.1, 0.15) is 17.1 Å². The van der Waals surface area contributed by atoms with Crippen LogP contribution in [-0.4, -0.2) is 40.0 Å². The maximum atomic E-state index is 13.3. The van der Waals surface area contributed by atoms with E-state index < -0.39 is 35.1 Å². The van der Waals surface area contributed by atoms with Gasteiger partial charge in [0.15, 0.2) is 0 Å². The first-order valence-electron chi connectivity index (χ1n) is 6.88. The molecule has 2 aliphatic rings. The fraction of sp³-hybridized carbons (Fsp3) is 0.846. The topological polar surface area (TPSA) is 49.4 Å². The molecule has 1 atom stereocenters. The lowest BCUT2D eigenvalue weighted by atomic mass is 9.86. The molecule has 0 aromatic rings. The minimum absolute atomic E-state index is 0.122. The van der Waals surface area contributed by atoms with Crippen molar-refractivity contribution < 1.29 is 22.8 Å². The fourth-order valence-electron chi connectivity index (χ4n) is 2.99. The lowest BCUT2D eigenvalue weighted by Gasteiger charge is -2.48. The van der Waals surface area contributed by atoms with E-state index in [-0.39, 0.29) is 25.7 Å². The smallest absolute Gasteiger partial charge is 0.340 e. The average molecular weight is 292 g/mol. The van der Waals surface area contributed by atoms with Gasteiger partial charge in [-0.25, -0.2) is 0 Å². The van der Waals surface area contributed by atoms with Gasteiger partial charge in [-0.15, -0.1) is 0 Å². The second kappa shape index (κ2) is 4.36. The molecule has 1 saturated heterocycles. The highest BCUT2D eigenvalue weighted by Crippen LogP contribution is 2.55. The maximum absolute atomic E-state index is 13.3. The molecule has 2 fully saturated rings. The molecule has 2 rings (SSSR count). The summed E-state index contributed by atoms with van der Waals surface area (Å²) in [5.74, 6) is -1.12. The highest BCUT2D eigenvalue weighted by molar-refractivity contribution is 6.00. The second-order valence-electron chi connectivity index (χ2n) is 5.66. The third kappa shape index (κ3) is 1.82. The van der Waals surface area contributed by atoms with Crippen LogP contribution < -0.4 is 5.32 Å². The number of nitrogens with zero attached hydrogens (tertiary/aromatic N) is 1. The summed E-state index contributed by atoms with van der Waals surface area (Å²) < 4.78 is 39.9. The van der Waals surface area contributed by atoms with Crippen LogP contribution in [0.4, 0.5) is 13.2 Å². The molecule has 2 amide bonds. The van der Waals surface area contributed by atoms with Gasteiger partial charge >= 0.3 is 6.18 Å². The molecule has 1 unspecified atom stereocenters. The molecule has 1 aliphatic heterocycles. The molecule has 114 valence electrons. The Morgan fingerprint density at radius 2 is 1.75 bits per heavy atom. The standard InChI is InChI=1S/C13H19F3N2O2/c1-4-11(5-2)10(20)18(8(3)9(19)17-11)12(6-7-12)13(14,15)16/h8H,4-7H2,1-3H3,(H,17,19). The molecular formula is C13H19F3N2O2. The van der Waals surface area contributed by atoms with E-state index in [1.54, 1.807) is 13.8 Å². The van der Waals surface area contributed by atoms with Gasteiger partial charge in [-0.1, -0.05) is 13.8 Å². The lowest BCUT2D eigenvalue weighted by molar-refractivity contribution is -0.211. The Kier molecular flexibility index (Phi) is 3.30. The predicted molar refractivity (Wildman–Crippen MR) is 65.8 cm³/mol. The van der Waals surface area contributed by atoms with E-state index in [4.69, 9.17) is 0 Å². The molecule has 0 aromatic carbocycles. The summed E-state index contributed by atoms with van der Waals surface area (Å²) in [5.41, 5.74) is -3.35. The molecule has 1 saturated carbocycles. The Morgan fingerprint density at radius 1 is 1.25 bits per heavy atom. The Morgan fingerprint density at radius 3 is 2.10 bits per heavy atom. The Hall–Kier alpha value is -1.27. The van der Waals surface area contributed by atoms with Crippen molar-refractivity contribution >= 4 is 11.8 Å². The van der Waals surface area contributed by atoms with Crippen LogP contribution in [0.25, 0.3) is 0 Å². The largest absolute Gasteiger partial charge is 0.411 e. The number of amides is 2. The molecule has 7 heteroatoms. The third-order valence-electron chi connectivity index (χ3n) is 4.68. The van der Waals surface area contributed by atoms with Crippen LogP contribution >= 0.6 is 0 Å². The van der Waals surface area contributed by atoms with Crippen LogP contribution in [0.1, 0.15) is 46.5 Å². The molecule has 0 bridgehead atoms. The summed E-state index contributed by atoms with van der Waals surface area (Å²) in [4.78, 5) is 25.4. The number of nitrogens with one attached hydrogen (secondary N) is 1. The number of halogens is 3. The number of carbonyl (C=O) groups excluding carboxylic acids is 2. The zero-order valence-corrected chi connectivity index (χ0v) is 11.8. The van der Waals surface area contributed by atoms with Gasteiger partial charge in [0.25, 0.3) is 0 Å². The molecule has 4 nitrogen and oxygen atoms in total. The van der Waals surface area contributed by atoms with E-state index in [2.05, 4.69) is 5.32 Å². The van der Waals surface area contributed by atoms with Crippen molar-refractivity contribution in [3.63, 3.8) is 0 Å². The number of hydrogen-bond acceptors (Lipinski definition) is 2. The van der Waals surface area contributed by atoms with Crippen molar-refractivity contribution in [1.82, 2.24) is 10.2 Å². The molecule has 1 aliphatic carbocycles. The Balaban J connectivity index is 2.45. The number of piperazine rings is 1. The van der Waals surface area contributed by atoms with Gasteiger partial charge in [0.05, 0.1) is 0 Å². The van der Waals surface area contributed by atoms with Crippen LogP contribution in [0.5, 0.6) is 0 Å². The summed E-state index contributed by atoms with van der Waals surface area (Å²) in [6.45, 7) is 4.75. The highest BCUT2D eigenvalue weighted by atomic mass is 19.4. The first-order chi connectivity index (χ1) is 9.15. The van der Waals surface area contributed by atoms with E-state index in [1.165, 1.54) is 6.92 Å². The lowest BCUT2D eigenvalue weighted by Crippen LogP contribution is -2.73. The van der Waals surface area contributed by atoms with Crippen LogP contribution in [0, 0.1) is 0 Å². The minimum atomic E-state index is -4.50. The molecular weight excluding hydrogens is 273 g/mol. The van der Waals surface area contributed by atoms with Crippen molar-refractivity contribution in [1.29, 1.82) is 0 Å². The van der Waals surface area contributed by atoms with E-state index in [1.807, 2.05) is 0 Å².